The van der Waals surface area contributed by atoms with Crippen LogP contribution < -0.4 is 0 Å². The van der Waals surface area contributed by atoms with Crippen molar-refractivity contribution < 1.29 is 4.79 Å². The molecule has 3 rings (SSSR count). The Balaban J connectivity index is 2.23. The summed E-state index contributed by atoms with van der Waals surface area (Å²) in [5, 5.41) is 0. The Bertz CT molecular complexity index is 179. The van der Waals surface area contributed by atoms with Gasteiger partial charge in [0, 0.05) is 12.3 Å². The van der Waals surface area contributed by atoms with Crippen molar-refractivity contribution >= 4 is 5.78 Å². The predicted octanol–water partition coefficient (Wildman–Crippen LogP) is 1.83. The summed E-state index contributed by atoms with van der Waals surface area (Å²) in [5.41, 5.74) is 0.301. The maximum atomic E-state index is 11.2. The van der Waals surface area contributed by atoms with Crippen molar-refractivity contribution in [2.45, 2.75) is 26.7 Å². The van der Waals surface area contributed by atoms with Crippen LogP contribution in [0.15, 0.2) is 0 Å². The molecule has 2 atom stereocenters. The first-order valence-electron chi connectivity index (χ1n) is 4.00. The van der Waals surface area contributed by atoms with Crippen molar-refractivity contribution in [2.24, 2.45) is 17.3 Å². The molecule has 3 aliphatic carbocycles. The Morgan fingerprint density at radius 1 is 1.60 bits per heavy atom. The minimum atomic E-state index is 0.297. The van der Waals surface area contributed by atoms with Gasteiger partial charge in [-0.2, -0.15) is 0 Å². The van der Waals surface area contributed by atoms with E-state index >= 15 is 0 Å². The minimum Gasteiger partial charge on any atom is -0.299 e. The molecule has 2 bridgehead atoms. The van der Waals surface area contributed by atoms with E-state index in [4.69, 9.17) is 0 Å². The molecule has 0 spiro atoms. The van der Waals surface area contributed by atoms with E-state index in [1.54, 1.807) is 0 Å². The second kappa shape index (κ2) is 1.63. The molecule has 3 saturated carbocycles. The Morgan fingerprint density at radius 3 is 2.60 bits per heavy atom. The van der Waals surface area contributed by atoms with Gasteiger partial charge in [-0.25, -0.2) is 0 Å². The van der Waals surface area contributed by atoms with E-state index in [0.717, 1.165) is 18.8 Å². The van der Waals surface area contributed by atoms with E-state index in [-0.39, 0.29) is 0 Å². The van der Waals surface area contributed by atoms with Crippen LogP contribution in [0.1, 0.15) is 26.7 Å². The molecule has 0 heterocycles. The summed E-state index contributed by atoms with van der Waals surface area (Å²) in [6.45, 7) is 4.42. The smallest absolute Gasteiger partial charge is 0.136 e. The van der Waals surface area contributed by atoms with Crippen LogP contribution in [-0.2, 0) is 4.79 Å². The normalized spacial score (nSPS) is 42.8. The number of carbonyl (C=O) groups is 1. The minimum absolute atomic E-state index is 0.297. The van der Waals surface area contributed by atoms with Crippen LogP contribution in [0.2, 0.25) is 0 Å². The molecule has 0 aromatic rings. The summed E-state index contributed by atoms with van der Waals surface area (Å²) in [4.78, 5) is 11.2. The monoisotopic (exact) mass is 137 g/mol. The third-order valence-electron chi connectivity index (χ3n) is 3.23. The first kappa shape index (κ1) is 6.38. The van der Waals surface area contributed by atoms with Gasteiger partial charge in [0.1, 0.15) is 5.78 Å². The highest BCUT2D eigenvalue weighted by molar-refractivity contribution is 5.86. The molecule has 3 aliphatic rings. The van der Waals surface area contributed by atoms with Gasteiger partial charge in [-0.3, -0.25) is 4.79 Å². The van der Waals surface area contributed by atoms with Crippen LogP contribution in [0.4, 0.5) is 0 Å². The van der Waals surface area contributed by atoms with Crippen molar-refractivity contribution in [2.75, 3.05) is 0 Å². The fraction of sp³-hybridized carbons (Fsp3) is 0.778. The van der Waals surface area contributed by atoms with Gasteiger partial charge < -0.3 is 0 Å². The van der Waals surface area contributed by atoms with Gasteiger partial charge in [0.15, 0.2) is 0 Å². The molecule has 0 aromatic heterocycles. The van der Waals surface area contributed by atoms with Gasteiger partial charge in [-0.15, -0.1) is 0 Å². The van der Waals surface area contributed by atoms with Gasteiger partial charge in [0.25, 0.3) is 0 Å². The second-order valence-corrected chi connectivity index (χ2v) is 4.10. The van der Waals surface area contributed by atoms with Crippen molar-refractivity contribution in [1.82, 2.24) is 0 Å². The van der Waals surface area contributed by atoms with Crippen LogP contribution in [0.5, 0.6) is 0 Å². The highest BCUT2D eigenvalue weighted by atomic mass is 16.1. The van der Waals surface area contributed by atoms with Crippen LogP contribution in [0.25, 0.3) is 0 Å². The van der Waals surface area contributed by atoms with Crippen molar-refractivity contribution in [3.05, 3.63) is 6.42 Å². The number of rotatable bonds is 0. The fourth-order valence-electron chi connectivity index (χ4n) is 2.28. The molecule has 0 aromatic carbocycles. The number of ketones is 1. The standard InChI is InChI=1S/C9H13O/c1-9(2)6-3-4-8(10)7(9)5-6/h5-7H,3-4H2,1-2H3. The topological polar surface area (TPSA) is 17.1 Å². The van der Waals surface area contributed by atoms with Crippen LogP contribution in [-0.4, -0.2) is 5.78 Å². The summed E-state index contributed by atoms with van der Waals surface area (Å²) in [6, 6.07) is 0. The Hall–Kier alpha value is -0.330. The molecule has 10 heavy (non-hydrogen) atoms. The molecule has 1 nitrogen and oxygen atoms in total. The first-order chi connectivity index (χ1) is 4.62. The average Bonchev–Trinajstić information content (AvgIpc) is 1.87. The van der Waals surface area contributed by atoms with Crippen molar-refractivity contribution in [3.8, 4) is 0 Å². The van der Waals surface area contributed by atoms with Gasteiger partial charge in [-0.05, 0) is 24.2 Å². The van der Waals surface area contributed by atoms with E-state index in [9.17, 15) is 4.79 Å². The summed E-state index contributed by atoms with van der Waals surface area (Å²) in [5.74, 6) is 1.49. The highest BCUT2D eigenvalue weighted by Gasteiger charge is 2.54. The average molecular weight is 137 g/mol. The first-order valence-corrected chi connectivity index (χ1v) is 4.00. The molecular formula is C9H13O. The number of carbonyl (C=O) groups excluding carboxylic acids is 1. The van der Waals surface area contributed by atoms with E-state index in [0.29, 0.717) is 17.1 Å². The summed E-state index contributed by atoms with van der Waals surface area (Å²) >= 11 is 0. The summed E-state index contributed by atoms with van der Waals surface area (Å²) in [6.07, 6.45) is 4.16. The maximum absolute atomic E-state index is 11.2. The molecule has 1 heteroatoms. The van der Waals surface area contributed by atoms with E-state index in [1.807, 2.05) is 0 Å². The van der Waals surface area contributed by atoms with Gasteiger partial charge in [-0.1, -0.05) is 13.8 Å². The zero-order chi connectivity index (χ0) is 7.35. The van der Waals surface area contributed by atoms with Crippen LogP contribution in [0, 0.1) is 23.7 Å². The Kier molecular flexibility index (Phi) is 1.04. The van der Waals surface area contributed by atoms with E-state index in [1.165, 1.54) is 0 Å². The lowest BCUT2D eigenvalue weighted by Crippen LogP contribution is -2.53. The molecule has 0 aliphatic heterocycles. The Morgan fingerprint density at radius 2 is 2.30 bits per heavy atom. The molecular weight excluding hydrogens is 124 g/mol. The predicted molar refractivity (Wildman–Crippen MR) is 39.3 cm³/mol. The lowest BCUT2D eigenvalue weighted by molar-refractivity contribution is -0.138. The number of Topliss-reactive ketones (excluding diaryl/α,β-unsaturated/α-hetero) is 1. The van der Waals surface area contributed by atoms with Gasteiger partial charge >= 0.3 is 0 Å². The molecule has 0 amide bonds. The van der Waals surface area contributed by atoms with Crippen LogP contribution in [0.3, 0.4) is 0 Å². The van der Waals surface area contributed by atoms with Crippen molar-refractivity contribution in [3.63, 3.8) is 0 Å². The van der Waals surface area contributed by atoms with Crippen molar-refractivity contribution in [1.29, 1.82) is 0 Å². The zero-order valence-electron chi connectivity index (χ0n) is 6.55. The number of hydrogen-bond donors (Lipinski definition) is 0. The molecule has 2 unspecified atom stereocenters. The van der Waals surface area contributed by atoms with Crippen LogP contribution >= 0.6 is 0 Å². The van der Waals surface area contributed by atoms with E-state index < -0.39 is 0 Å². The number of fused-ring (bicyclic) bond motifs is 2. The molecule has 1 radical (unpaired) electrons. The molecule has 0 N–H and O–H groups in total. The number of hydrogen-bond acceptors (Lipinski definition) is 1. The Labute approximate surface area is 61.8 Å². The lowest BCUT2D eigenvalue weighted by atomic mass is 9.48. The molecule has 55 valence electrons. The quantitative estimate of drug-likeness (QED) is 0.497. The SMILES string of the molecule is CC1(C)C2[CH]C1C(=O)CC2. The third-order valence-corrected chi connectivity index (χ3v) is 3.23. The molecule has 0 saturated heterocycles. The zero-order valence-corrected chi connectivity index (χ0v) is 6.55. The molecule has 3 fully saturated rings. The maximum Gasteiger partial charge on any atom is 0.136 e. The van der Waals surface area contributed by atoms with Gasteiger partial charge in [0.05, 0.1) is 0 Å². The summed E-state index contributed by atoms with van der Waals surface area (Å²) < 4.78 is 0. The van der Waals surface area contributed by atoms with Gasteiger partial charge in [0.2, 0.25) is 0 Å². The second-order valence-electron chi connectivity index (χ2n) is 4.10. The third kappa shape index (κ3) is 0.561. The lowest BCUT2D eigenvalue weighted by Gasteiger charge is -2.55. The fourth-order valence-corrected chi connectivity index (χ4v) is 2.28. The highest BCUT2D eigenvalue weighted by Crippen LogP contribution is 2.56. The van der Waals surface area contributed by atoms with E-state index in [2.05, 4.69) is 20.3 Å². The summed E-state index contributed by atoms with van der Waals surface area (Å²) in [7, 11) is 0. The largest absolute Gasteiger partial charge is 0.299 e.